The molecule has 140 valence electrons. The van der Waals surface area contributed by atoms with Gasteiger partial charge >= 0.3 is 0 Å². The molecule has 1 aliphatic heterocycles. The van der Waals surface area contributed by atoms with Crippen LogP contribution in [0.3, 0.4) is 0 Å². The Bertz CT molecular complexity index is 1080. The highest BCUT2D eigenvalue weighted by molar-refractivity contribution is 6.30. The monoisotopic (exact) mass is 390 g/mol. The Labute approximate surface area is 169 Å². The van der Waals surface area contributed by atoms with Gasteiger partial charge in [-0.25, -0.2) is 0 Å². The molecule has 0 unspecified atom stereocenters. The summed E-state index contributed by atoms with van der Waals surface area (Å²) >= 11 is 6.02. The van der Waals surface area contributed by atoms with Crippen LogP contribution in [0.1, 0.15) is 32.6 Å². The third-order valence-electron chi connectivity index (χ3n) is 4.62. The zero-order valence-electron chi connectivity index (χ0n) is 15.7. The van der Waals surface area contributed by atoms with E-state index in [1.54, 1.807) is 24.3 Å². The minimum atomic E-state index is -0.127. The molecule has 1 aliphatic rings. The van der Waals surface area contributed by atoms with Gasteiger partial charge in [-0.15, -0.1) is 0 Å². The molecule has 0 fully saturated rings. The van der Waals surface area contributed by atoms with Crippen molar-refractivity contribution in [1.29, 1.82) is 0 Å². The Morgan fingerprint density at radius 2 is 1.82 bits per heavy atom. The lowest BCUT2D eigenvalue weighted by Crippen LogP contribution is -2.00. The number of carbonyl (C=O) groups is 1. The lowest BCUT2D eigenvalue weighted by Gasteiger charge is -2.09. The quantitative estimate of drug-likeness (QED) is 0.501. The van der Waals surface area contributed by atoms with Crippen LogP contribution in [0.25, 0.3) is 6.08 Å². The lowest BCUT2D eigenvalue weighted by molar-refractivity contribution is 0.101. The Morgan fingerprint density at radius 1 is 1.04 bits per heavy atom. The molecular formula is C24H19ClO3. The van der Waals surface area contributed by atoms with Crippen molar-refractivity contribution in [3.8, 4) is 11.5 Å². The van der Waals surface area contributed by atoms with Crippen LogP contribution in [0.15, 0.2) is 66.4 Å². The first-order chi connectivity index (χ1) is 13.5. The van der Waals surface area contributed by atoms with Crippen molar-refractivity contribution in [3.63, 3.8) is 0 Å². The van der Waals surface area contributed by atoms with Crippen molar-refractivity contribution < 1.29 is 14.3 Å². The number of fused-ring (bicyclic) bond motifs is 1. The molecule has 3 aromatic rings. The van der Waals surface area contributed by atoms with Crippen molar-refractivity contribution in [2.75, 3.05) is 0 Å². The van der Waals surface area contributed by atoms with Gasteiger partial charge in [-0.1, -0.05) is 53.6 Å². The number of aryl methyl sites for hydroxylation is 2. The standard InChI is InChI=1S/C24H19ClO3/c1-15-6-8-17(9-7-15)14-27-20-10-16(2)23-21(13-20)28-22(24(23)26)12-18-4-3-5-19(25)11-18/h3-13H,14H2,1-2H3/b22-12-. The summed E-state index contributed by atoms with van der Waals surface area (Å²) in [5.41, 5.74) is 4.52. The Balaban J connectivity index is 1.56. The maximum absolute atomic E-state index is 12.8. The van der Waals surface area contributed by atoms with Crippen molar-refractivity contribution in [2.24, 2.45) is 0 Å². The summed E-state index contributed by atoms with van der Waals surface area (Å²) in [5.74, 6) is 1.36. The smallest absolute Gasteiger partial charge is 0.232 e. The van der Waals surface area contributed by atoms with Gasteiger partial charge in [-0.2, -0.15) is 0 Å². The predicted octanol–water partition coefficient (Wildman–Crippen LogP) is 6.15. The minimum Gasteiger partial charge on any atom is -0.489 e. The Kier molecular flexibility index (Phi) is 4.93. The second-order valence-corrected chi connectivity index (χ2v) is 7.32. The van der Waals surface area contributed by atoms with Gasteiger partial charge in [-0.3, -0.25) is 4.79 Å². The molecule has 0 aromatic heterocycles. The lowest BCUT2D eigenvalue weighted by atomic mass is 10.0. The van der Waals surface area contributed by atoms with E-state index in [1.807, 2.05) is 37.3 Å². The zero-order valence-corrected chi connectivity index (χ0v) is 16.4. The molecule has 3 aromatic carbocycles. The van der Waals surface area contributed by atoms with E-state index in [4.69, 9.17) is 21.1 Å². The zero-order chi connectivity index (χ0) is 19.7. The number of rotatable bonds is 4. The molecule has 0 amide bonds. The third kappa shape index (κ3) is 3.80. The highest BCUT2D eigenvalue weighted by Gasteiger charge is 2.30. The number of Topliss-reactive ketones (excluding diaryl/α,β-unsaturated/α-hetero) is 1. The number of ketones is 1. The summed E-state index contributed by atoms with van der Waals surface area (Å²) in [6.45, 7) is 4.40. The van der Waals surface area contributed by atoms with Gasteiger partial charge in [0.05, 0.1) is 5.56 Å². The molecular weight excluding hydrogens is 372 g/mol. The average Bonchev–Trinajstić information content (AvgIpc) is 2.97. The second-order valence-electron chi connectivity index (χ2n) is 6.88. The molecule has 0 saturated carbocycles. The first kappa shape index (κ1) is 18.3. The molecule has 0 atom stereocenters. The number of hydrogen-bond acceptors (Lipinski definition) is 3. The van der Waals surface area contributed by atoms with E-state index in [1.165, 1.54) is 5.56 Å². The number of benzene rings is 3. The SMILES string of the molecule is Cc1ccc(COc2cc(C)c3c(c2)O/C(=C\c2cccc(Cl)c2)C3=O)cc1. The van der Waals surface area contributed by atoms with E-state index in [0.29, 0.717) is 28.7 Å². The number of hydrogen-bond donors (Lipinski definition) is 0. The van der Waals surface area contributed by atoms with Crippen molar-refractivity contribution in [3.05, 3.63) is 99.3 Å². The fourth-order valence-corrected chi connectivity index (χ4v) is 3.36. The molecule has 3 nitrogen and oxygen atoms in total. The Morgan fingerprint density at radius 3 is 2.57 bits per heavy atom. The van der Waals surface area contributed by atoms with Crippen molar-refractivity contribution in [1.82, 2.24) is 0 Å². The van der Waals surface area contributed by atoms with Crippen LogP contribution in [0.2, 0.25) is 5.02 Å². The van der Waals surface area contributed by atoms with Crippen LogP contribution in [-0.2, 0) is 6.61 Å². The molecule has 4 rings (SSSR count). The van der Waals surface area contributed by atoms with E-state index in [2.05, 4.69) is 19.1 Å². The first-order valence-electron chi connectivity index (χ1n) is 9.02. The van der Waals surface area contributed by atoms with Gasteiger partial charge in [0.1, 0.15) is 18.1 Å². The summed E-state index contributed by atoms with van der Waals surface area (Å²) in [6, 6.07) is 19.1. The van der Waals surface area contributed by atoms with Crippen molar-refractivity contribution in [2.45, 2.75) is 20.5 Å². The van der Waals surface area contributed by atoms with Crippen LogP contribution in [-0.4, -0.2) is 5.78 Å². The minimum absolute atomic E-state index is 0.127. The van der Waals surface area contributed by atoms with Crippen LogP contribution in [0.4, 0.5) is 0 Å². The van der Waals surface area contributed by atoms with Gasteiger partial charge in [0.15, 0.2) is 5.76 Å². The molecule has 1 heterocycles. The fourth-order valence-electron chi connectivity index (χ4n) is 3.16. The highest BCUT2D eigenvalue weighted by Crippen LogP contribution is 2.37. The fraction of sp³-hybridized carbons (Fsp3) is 0.125. The number of halogens is 1. The van der Waals surface area contributed by atoms with Gasteiger partial charge in [0.2, 0.25) is 5.78 Å². The predicted molar refractivity (Wildman–Crippen MR) is 111 cm³/mol. The van der Waals surface area contributed by atoms with Crippen LogP contribution < -0.4 is 9.47 Å². The highest BCUT2D eigenvalue weighted by atomic mass is 35.5. The van der Waals surface area contributed by atoms with Gasteiger partial charge < -0.3 is 9.47 Å². The van der Waals surface area contributed by atoms with E-state index in [-0.39, 0.29) is 11.5 Å². The van der Waals surface area contributed by atoms with Crippen LogP contribution >= 0.6 is 11.6 Å². The van der Waals surface area contributed by atoms with E-state index >= 15 is 0 Å². The molecule has 4 heteroatoms. The molecule has 0 N–H and O–H groups in total. The number of ether oxygens (including phenoxy) is 2. The van der Waals surface area contributed by atoms with Crippen LogP contribution in [0, 0.1) is 13.8 Å². The maximum atomic E-state index is 12.8. The molecule has 0 spiro atoms. The number of allylic oxidation sites excluding steroid dienone is 1. The summed E-state index contributed by atoms with van der Waals surface area (Å²) in [5, 5.41) is 0.611. The summed E-state index contributed by atoms with van der Waals surface area (Å²) in [7, 11) is 0. The summed E-state index contributed by atoms with van der Waals surface area (Å²) < 4.78 is 11.8. The van der Waals surface area contributed by atoms with Gasteiger partial charge in [0, 0.05) is 11.1 Å². The molecule has 28 heavy (non-hydrogen) atoms. The first-order valence-corrected chi connectivity index (χ1v) is 9.40. The van der Waals surface area contributed by atoms with Gasteiger partial charge in [-0.05, 0) is 54.8 Å². The molecule has 0 radical (unpaired) electrons. The summed E-state index contributed by atoms with van der Waals surface area (Å²) in [6.07, 6.45) is 1.71. The third-order valence-corrected chi connectivity index (χ3v) is 4.85. The summed E-state index contributed by atoms with van der Waals surface area (Å²) in [4.78, 5) is 12.8. The molecule has 0 aliphatic carbocycles. The van der Waals surface area contributed by atoms with E-state index in [0.717, 1.165) is 16.7 Å². The largest absolute Gasteiger partial charge is 0.489 e. The molecule has 0 bridgehead atoms. The van der Waals surface area contributed by atoms with Crippen LogP contribution in [0.5, 0.6) is 11.5 Å². The topological polar surface area (TPSA) is 35.5 Å². The van der Waals surface area contributed by atoms with Crippen molar-refractivity contribution >= 4 is 23.5 Å². The average molecular weight is 391 g/mol. The molecule has 0 saturated heterocycles. The second kappa shape index (κ2) is 7.53. The normalized spacial score (nSPS) is 14.1. The van der Waals surface area contributed by atoms with E-state index in [9.17, 15) is 4.79 Å². The van der Waals surface area contributed by atoms with Gasteiger partial charge in [0.25, 0.3) is 0 Å². The maximum Gasteiger partial charge on any atom is 0.232 e. The number of carbonyl (C=O) groups excluding carboxylic acids is 1. The van der Waals surface area contributed by atoms with E-state index < -0.39 is 0 Å². The Hall–Kier alpha value is -3.04.